The first kappa shape index (κ1) is 12.5. The van der Waals surface area contributed by atoms with Gasteiger partial charge in [-0.2, -0.15) is 0 Å². The van der Waals surface area contributed by atoms with Crippen LogP contribution in [0.15, 0.2) is 0 Å². The summed E-state index contributed by atoms with van der Waals surface area (Å²) in [6.45, 7) is 7.36. The Morgan fingerprint density at radius 3 is 2.06 bits per heavy atom. The quantitative estimate of drug-likeness (QED) is 0.609. The number of hydrogen-bond acceptors (Lipinski definition) is 0. The second-order valence-electron chi connectivity index (χ2n) is 6.80. The maximum atomic E-state index is 2.76. The smallest absolute Gasteiger partial charge is 0.0321 e. The van der Waals surface area contributed by atoms with E-state index in [2.05, 4.69) is 27.2 Å². The molecule has 0 bridgehead atoms. The van der Waals surface area contributed by atoms with Gasteiger partial charge in [0.05, 0.1) is 0 Å². The average Bonchev–Trinajstić information content (AvgIpc) is 2.20. The summed E-state index contributed by atoms with van der Waals surface area (Å²) >= 11 is 0. The molecule has 2 aliphatic carbocycles. The zero-order valence-corrected chi connectivity index (χ0v) is 11.4. The topological polar surface area (TPSA) is 0 Å². The minimum Gasteiger partial charge on any atom is -0.0625 e. The molecule has 2 aliphatic rings. The molecular weight excluding hydrogens is 192 g/mol. The first-order chi connectivity index (χ1) is 7.65. The van der Waals surface area contributed by atoms with E-state index in [9.17, 15) is 0 Å². The Labute approximate surface area is 102 Å². The third-order valence-electron chi connectivity index (χ3n) is 4.91. The second-order valence-corrected chi connectivity index (χ2v) is 6.80. The van der Waals surface area contributed by atoms with Gasteiger partial charge in [-0.25, -0.2) is 0 Å². The Hall–Kier alpha value is 0. The highest BCUT2D eigenvalue weighted by molar-refractivity contribution is 4.91. The van der Waals surface area contributed by atoms with E-state index >= 15 is 0 Å². The third-order valence-corrected chi connectivity index (χ3v) is 4.91. The Morgan fingerprint density at radius 1 is 0.812 bits per heavy atom. The van der Waals surface area contributed by atoms with E-state index in [1.807, 2.05) is 0 Å². The fourth-order valence-corrected chi connectivity index (χ4v) is 4.15. The lowest BCUT2D eigenvalue weighted by Gasteiger charge is -2.36. The van der Waals surface area contributed by atoms with Crippen LogP contribution in [0.5, 0.6) is 0 Å². The minimum absolute atomic E-state index is 0.935. The van der Waals surface area contributed by atoms with Crippen molar-refractivity contribution in [3.63, 3.8) is 0 Å². The molecule has 0 amide bonds. The van der Waals surface area contributed by atoms with Gasteiger partial charge in [0.15, 0.2) is 0 Å². The summed E-state index contributed by atoms with van der Waals surface area (Å²) in [5, 5.41) is 0. The van der Waals surface area contributed by atoms with E-state index < -0.39 is 0 Å². The number of hydrogen-bond donors (Lipinski definition) is 0. The van der Waals surface area contributed by atoms with Crippen LogP contribution in [0.25, 0.3) is 0 Å². The van der Waals surface area contributed by atoms with Gasteiger partial charge in [-0.15, -0.1) is 0 Å². The molecule has 16 heavy (non-hydrogen) atoms. The van der Waals surface area contributed by atoms with Crippen LogP contribution in [0.4, 0.5) is 0 Å². The maximum Gasteiger partial charge on any atom is -0.0321 e. The first-order valence-corrected chi connectivity index (χ1v) is 7.50. The molecule has 0 saturated heterocycles. The third kappa shape index (κ3) is 3.25. The van der Waals surface area contributed by atoms with E-state index in [1.165, 1.54) is 44.9 Å². The van der Waals surface area contributed by atoms with Crippen LogP contribution in [0.2, 0.25) is 0 Å². The summed E-state index contributed by atoms with van der Waals surface area (Å²) in [5.41, 5.74) is 0. The van der Waals surface area contributed by atoms with Gasteiger partial charge in [0, 0.05) is 0 Å². The van der Waals surface area contributed by atoms with Crippen molar-refractivity contribution < 1.29 is 0 Å². The lowest BCUT2D eigenvalue weighted by atomic mass is 9.69. The van der Waals surface area contributed by atoms with Crippen LogP contribution >= 0.6 is 0 Å². The average molecular weight is 221 g/mol. The Balaban J connectivity index is 1.83. The monoisotopic (exact) mass is 221 g/mol. The molecule has 4 atom stereocenters. The molecule has 4 unspecified atom stereocenters. The molecule has 0 nitrogen and oxygen atoms in total. The summed E-state index contributed by atoms with van der Waals surface area (Å²) in [6.07, 6.45) is 13.0. The van der Waals surface area contributed by atoms with Crippen molar-refractivity contribution in [2.24, 2.45) is 29.6 Å². The van der Waals surface area contributed by atoms with Crippen LogP contribution in [0, 0.1) is 36.0 Å². The Kier molecular flexibility index (Phi) is 4.33. The molecule has 0 aromatic carbocycles. The Bertz CT molecular complexity index is 198. The molecule has 0 heteroatoms. The van der Waals surface area contributed by atoms with E-state index in [1.54, 1.807) is 0 Å². The molecule has 1 radical (unpaired) electrons. The van der Waals surface area contributed by atoms with Crippen LogP contribution in [0.3, 0.4) is 0 Å². The molecule has 2 saturated carbocycles. The van der Waals surface area contributed by atoms with Gasteiger partial charge in [-0.3, -0.25) is 0 Å². The van der Waals surface area contributed by atoms with E-state index in [-0.39, 0.29) is 0 Å². The molecular formula is C16H29. The zero-order valence-electron chi connectivity index (χ0n) is 11.4. The number of rotatable bonds is 2. The van der Waals surface area contributed by atoms with Crippen LogP contribution in [-0.2, 0) is 0 Å². The van der Waals surface area contributed by atoms with Gasteiger partial charge in [0.2, 0.25) is 0 Å². The highest BCUT2D eigenvalue weighted by atomic mass is 14.3. The van der Waals surface area contributed by atoms with Crippen molar-refractivity contribution in [3.05, 3.63) is 6.42 Å². The van der Waals surface area contributed by atoms with Gasteiger partial charge in [-0.05, 0) is 61.7 Å². The lowest BCUT2D eigenvalue weighted by molar-refractivity contribution is 0.201. The second kappa shape index (κ2) is 5.56. The summed E-state index contributed by atoms with van der Waals surface area (Å²) in [7, 11) is 0. The van der Waals surface area contributed by atoms with Crippen LogP contribution in [-0.4, -0.2) is 0 Å². The van der Waals surface area contributed by atoms with Crippen molar-refractivity contribution in [2.75, 3.05) is 0 Å². The molecule has 0 N–H and O–H groups in total. The molecule has 0 aliphatic heterocycles. The highest BCUT2D eigenvalue weighted by Gasteiger charge is 2.29. The van der Waals surface area contributed by atoms with E-state index in [4.69, 9.17) is 0 Å². The maximum absolute atomic E-state index is 2.76. The van der Waals surface area contributed by atoms with E-state index in [0.29, 0.717) is 0 Å². The standard InChI is InChI=1S/C16H29/c1-12-8-13(2)10-15(9-12)11-16-7-5-4-6-14(16)3/h11-16H,4-10H2,1-3H3. The van der Waals surface area contributed by atoms with Crippen molar-refractivity contribution in [3.8, 4) is 0 Å². The summed E-state index contributed by atoms with van der Waals surface area (Å²) in [5.74, 6) is 4.76. The van der Waals surface area contributed by atoms with Gasteiger partial charge in [-0.1, -0.05) is 40.0 Å². The van der Waals surface area contributed by atoms with Crippen molar-refractivity contribution in [1.82, 2.24) is 0 Å². The van der Waals surface area contributed by atoms with Crippen molar-refractivity contribution in [1.29, 1.82) is 0 Å². The van der Waals surface area contributed by atoms with Crippen molar-refractivity contribution in [2.45, 2.75) is 65.7 Å². The molecule has 0 aromatic rings. The SMILES string of the molecule is CC1CC(C)CC([CH]C2CCCCC2C)C1. The van der Waals surface area contributed by atoms with Gasteiger partial charge in [0.25, 0.3) is 0 Å². The highest BCUT2D eigenvalue weighted by Crippen LogP contribution is 2.40. The first-order valence-electron chi connectivity index (χ1n) is 7.50. The molecule has 0 heterocycles. The molecule has 2 rings (SSSR count). The normalized spacial score (nSPS) is 45.6. The summed E-state index contributed by atoms with van der Waals surface area (Å²) in [6, 6.07) is 0. The van der Waals surface area contributed by atoms with Gasteiger partial charge < -0.3 is 0 Å². The molecule has 2 fully saturated rings. The van der Waals surface area contributed by atoms with Crippen molar-refractivity contribution >= 4 is 0 Å². The molecule has 0 spiro atoms. The lowest BCUT2D eigenvalue weighted by Crippen LogP contribution is -2.26. The van der Waals surface area contributed by atoms with Gasteiger partial charge in [0.1, 0.15) is 0 Å². The fraction of sp³-hybridized carbons (Fsp3) is 0.938. The summed E-state index contributed by atoms with van der Waals surface area (Å²) in [4.78, 5) is 0. The molecule has 0 aromatic heterocycles. The predicted octanol–water partition coefficient (Wildman–Crippen LogP) is 5.09. The largest absolute Gasteiger partial charge is 0.0625 e. The fourth-order valence-electron chi connectivity index (χ4n) is 4.15. The van der Waals surface area contributed by atoms with Crippen LogP contribution < -0.4 is 0 Å². The molecule has 93 valence electrons. The van der Waals surface area contributed by atoms with E-state index in [0.717, 1.165) is 29.6 Å². The van der Waals surface area contributed by atoms with Crippen LogP contribution in [0.1, 0.15) is 65.7 Å². The van der Waals surface area contributed by atoms with Gasteiger partial charge >= 0.3 is 0 Å². The summed E-state index contributed by atoms with van der Waals surface area (Å²) < 4.78 is 0. The predicted molar refractivity (Wildman–Crippen MR) is 71.1 cm³/mol. The Morgan fingerprint density at radius 2 is 1.44 bits per heavy atom. The zero-order chi connectivity index (χ0) is 11.5. The minimum atomic E-state index is 0.935.